The molecule has 1 aromatic rings. The molecule has 4 nitrogen and oxygen atoms in total. The quantitative estimate of drug-likeness (QED) is 0.573. The SMILES string of the molecule is CCC(O)CNC(C)c1cc(O)ccc1O. The van der Waals surface area contributed by atoms with Crippen molar-refractivity contribution in [1.82, 2.24) is 5.32 Å². The van der Waals surface area contributed by atoms with Crippen LogP contribution in [0.25, 0.3) is 0 Å². The molecule has 4 N–H and O–H groups in total. The predicted molar refractivity (Wildman–Crippen MR) is 62.5 cm³/mol. The summed E-state index contributed by atoms with van der Waals surface area (Å²) >= 11 is 0. The summed E-state index contributed by atoms with van der Waals surface area (Å²) in [4.78, 5) is 0. The third-order valence-electron chi connectivity index (χ3n) is 2.61. The number of hydrogen-bond acceptors (Lipinski definition) is 4. The van der Waals surface area contributed by atoms with Crippen LogP contribution in [0.4, 0.5) is 0 Å². The van der Waals surface area contributed by atoms with Crippen molar-refractivity contribution in [2.24, 2.45) is 0 Å². The van der Waals surface area contributed by atoms with E-state index in [0.717, 1.165) is 0 Å². The summed E-state index contributed by atoms with van der Waals surface area (Å²) in [7, 11) is 0. The maximum atomic E-state index is 9.61. The molecule has 1 rings (SSSR count). The molecule has 0 heterocycles. The van der Waals surface area contributed by atoms with Crippen LogP contribution in [-0.4, -0.2) is 28.0 Å². The van der Waals surface area contributed by atoms with Gasteiger partial charge in [0.1, 0.15) is 11.5 Å². The number of aliphatic hydroxyl groups excluding tert-OH is 1. The van der Waals surface area contributed by atoms with Gasteiger partial charge in [-0.3, -0.25) is 0 Å². The van der Waals surface area contributed by atoms with Gasteiger partial charge in [-0.15, -0.1) is 0 Å². The number of rotatable bonds is 5. The molecule has 2 atom stereocenters. The second-order valence-corrected chi connectivity index (χ2v) is 3.94. The van der Waals surface area contributed by atoms with E-state index in [2.05, 4.69) is 5.32 Å². The summed E-state index contributed by atoms with van der Waals surface area (Å²) in [5, 5.41) is 31.4. The fourth-order valence-corrected chi connectivity index (χ4v) is 1.46. The Balaban J connectivity index is 2.65. The normalized spacial score (nSPS) is 14.7. The molecule has 0 spiro atoms. The van der Waals surface area contributed by atoms with E-state index < -0.39 is 0 Å². The Labute approximate surface area is 95.6 Å². The van der Waals surface area contributed by atoms with Crippen molar-refractivity contribution in [3.63, 3.8) is 0 Å². The molecule has 0 aliphatic heterocycles. The molecule has 0 radical (unpaired) electrons. The average molecular weight is 225 g/mol. The van der Waals surface area contributed by atoms with Crippen LogP contribution in [-0.2, 0) is 0 Å². The molecular weight excluding hydrogens is 206 g/mol. The van der Waals surface area contributed by atoms with E-state index in [-0.39, 0.29) is 23.6 Å². The van der Waals surface area contributed by atoms with Crippen molar-refractivity contribution in [3.05, 3.63) is 23.8 Å². The highest BCUT2D eigenvalue weighted by molar-refractivity contribution is 5.40. The number of aromatic hydroxyl groups is 2. The van der Waals surface area contributed by atoms with Crippen LogP contribution < -0.4 is 5.32 Å². The Kier molecular flexibility index (Phi) is 4.58. The Morgan fingerprint density at radius 3 is 2.62 bits per heavy atom. The van der Waals surface area contributed by atoms with Gasteiger partial charge in [-0.25, -0.2) is 0 Å². The summed E-state index contributed by atoms with van der Waals surface area (Å²) in [5.74, 6) is 0.265. The summed E-state index contributed by atoms with van der Waals surface area (Å²) in [5.41, 5.74) is 0.628. The van der Waals surface area contributed by atoms with Gasteiger partial charge in [0.05, 0.1) is 6.10 Å². The Morgan fingerprint density at radius 1 is 1.31 bits per heavy atom. The summed E-state index contributed by atoms with van der Waals surface area (Å²) in [6, 6.07) is 4.30. The van der Waals surface area contributed by atoms with Crippen LogP contribution in [0, 0.1) is 0 Å². The van der Waals surface area contributed by atoms with Gasteiger partial charge < -0.3 is 20.6 Å². The summed E-state index contributed by atoms with van der Waals surface area (Å²) in [6.45, 7) is 4.24. The van der Waals surface area contributed by atoms with E-state index in [1.54, 1.807) is 0 Å². The number of aliphatic hydroxyl groups is 1. The van der Waals surface area contributed by atoms with Crippen LogP contribution in [0.2, 0.25) is 0 Å². The Hall–Kier alpha value is -1.26. The van der Waals surface area contributed by atoms with Gasteiger partial charge in [0.15, 0.2) is 0 Å². The summed E-state index contributed by atoms with van der Waals surface area (Å²) in [6.07, 6.45) is 0.299. The highest BCUT2D eigenvalue weighted by Gasteiger charge is 2.11. The van der Waals surface area contributed by atoms with E-state index in [0.29, 0.717) is 18.5 Å². The fraction of sp³-hybridized carbons (Fsp3) is 0.500. The predicted octanol–water partition coefficient (Wildman–Crippen LogP) is 1.52. The monoisotopic (exact) mass is 225 g/mol. The zero-order valence-corrected chi connectivity index (χ0v) is 9.64. The van der Waals surface area contributed by atoms with Gasteiger partial charge in [-0.2, -0.15) is 0 Å². The van der Waals surface area contributed by atoms with E-state index >= 15 is 0 Å². The Morgan fingerprint density at radius 2 is 2.00 bits per heavy atom. The van der Waals surface area contributed by atoms with Crippen molar-refractivity contribution in [1.29, 1.82) is 0 Å². The molecule has 90 valence electrons. The average Bonchev–Trinajstić information content (AvgIpc) is 2.28. The van der Waals surface area contributed by atoms with Crippen LogP contribution in [0.15, 0.2) is 18.2 Å². The topological polar surface area (TPSA) is 72.7 Å². The van der Waals surface area contributed by atoms with Crippen molar-refractivity contribution < 1.29 is 15.3 Å². The fourth-order valence-electron chi connectivity index (χ4n) is 1.46. The first-order valence-electron chi connectivity index (χ1n) is 5.48. The molecule has 0 fully saturated rings. The highest BCUT2D eigenvalue weighted by atomic mass is 16.3. The Bertz CT molecular complexity index is 341. The number of benzene rings is 1. The zero-order chi connectivity index (χ0) is 12.1. The molecule has 0 aliphatic rings. The third kappa shape index (κ3) is 3.40. The number of phenols is 2. The van der Waals surface area contributed by atoms with Crippen LogP contribution in [0.5, 0.6) is 11.5 Å². The molecule has 0 aromatic heterocycles. The minimum absolute atomic E-state index is 0.117. The van der Waals surface area contributed by atoms with Crippen molar-refractivity contribution in [3.8, 4) is 11.5 Å². The van der Waals surface area contributed by atoms with E-state index in [1.165, 1.54) is 18.2 Å². The molecule has 0 amide bonds. The third-order valence-corrected chi connectivity index (χ3v) is 2.61. The first kappa shape index (κ1) is 12.8. The first-order chi connectivity index (χ1) is 7.54. The molecule has 0 aliphatic carbocycles. The van der Waals surface area contributed by atoms with Crippen LogP contribution >= 0.6 is 0 Å². The minimum Gasteiger partial charge on any atom is -0.508 e. The van der Waals surface area contributed by atoms with Crippen LogP contribution in [0.1, 0.15) is 31.9 Å². The largest absolute Gasteiger partial charge is 0.508 e. The van der Waals surface area contributed by atoms with Gasteiger partial charge in [0.25, 0.3) is 0 Å². The molecule has 16 heavy (non-hydrogen) atoms. The molecule has 1 aromatic carbocycles. The molecular formula is C12H19NO3. The zero-order valence-electron chi connectivity index (χ0n) is 9.64. The smallest absolute Gasteiger partial charge is 0.120 e. The van der Waals surface area contributed by atoms with Crippen molar-refractivity contribution in [2.75, 3.05) is 6.54 Å². The van der Waals surface area contributed by atoms with E-state index in [4.69, 9.17) is 0 Å². The molecule has 4 heteroatoms. The van der Waals surface area contributed by atoms with Crippen molar-refractivity contribution in [2.45, 2.75) is 32.4 Å². The lowest BCUT2D eigenvalue weighted by molar-refractivity contribution is 0.163. The van der Waals surface area contributed by atoms with Gasteiger partial charge in [-0.05, 0) is 31.5 Å². The lowest BCUT2D eigenvalue weighted by Crippen LogP contribution is -2.28. The second-order valence-electron chi connectivity index (χ2n) is 3.94. The number of phenolic OH excluding ortho intramolecular Hbond substituents is 2. The second kappa shape index (κ2) is 5.72. The first-order valence-corrected chi connectivity index (χ1v) is 5.48. The van der Waals surface area contributed by atoms with Gasteiger partial charge in [-0.1, -0.05) is 6.92 Å². The molecule has 2 unspecified atom stereocenters. The van der Waals surface area contributed by atoms with E-state index in [9.17, 15) is 15.3 Å². The maximum absolute atomic E-state index is 9.61. The maximum Gasteiger partial charge on any atom is 0.120 e. The lowest BCUT2D eigenvalue weighted by atomic mass is 10.1. The summed E-state index contributed by atoms with van der Waals surface area (Å²) < 4.78 is 0. The number of hydrogen-bond donors (Lipinski definition) is 4. The lowest BCUT2D eigenvalue weighted by Gasteiger charge is -2.17. The molecule has 0 saturated carbocycles. The van der Waals surface area contributed by atoms with E-state index in [1.807, 2.05) is 13.8 Å². The van der Waals surface area contributed by atoms with Crippen LogP contribution in [0.3, 0.4) is 0 Å². The molecule has 0 saturated heterocycles. The minimum atomic E-state index is -0.387. The van der Waals surface area contributed by atoms with Gasteiger partial charge in [0, 0.05) is 18.2 Å². The van der Waals surface area contributed by atoms with Gasteiger partial charge >= 0.3 is 0 Å². The standard InChI is InChI=1S/C12H19NO3/c1-3-9(14)7-13-8(2)11-6-10(15)4-5-12(11)16/h4-6,8-9,13-16H,3,7H2,1-2H3. The number of nitrogens with one attached hydrogen (secondary N) is 1. The molecule has 0 bridgehead atoms. The highest BCUT2D eigenvalue weighted by Crippen LogP contribution is 2.27. The van der Waals surface area contributed by atoms with Gasteiger partial charge in [0.2, 0.25) is 0 Å². The van der Waals surface area contributed by atoms with Crippen molar-refractivity contribution >= 4 is 0 Å².